The maximum atomic E-state index is 12.8. The molecule has 2 aromatic carbocycles. The molecule has 0 aliphatic rings. The molecule has 3 amide bonds. The minimum absolute atomic E-state index is 0.0728. The molecule has 2 aromatic rings. The summed E-state index contributed by atoms with van der Waals surface area (Å²) in [7, 11) is 1.41. The first kappa shape index (κ1) is 34.3. The van der Waals surface area contributed by atoms with Crippen LogP contribution in [0.4, 0.5) is 4.79 Å². The molecule has 0 spiro atoms. The summed E-state index contributed by atoms with van der Waals surface area (Å²) in [6.07, 6.45) is -0.0677. The van der Waals surface area contributed by atoms with Crippen LogP contribution in [0.5, 0.6) is 0 Å². The molecule has 2 rings (SSSR count). The number of methoxy groups -OCH3 is 1. The van der Waals surface area contributed by atoms with Crippen molar-refractivity contribution in [3.05, 3.63) is 71.8 Å². The highest BCUT2D eigenvalue weighted by Crippen LogP contribution is 2.07. The maximum absolute atomic E-state index is 12.8. The van der Waals surface area contributed by atoms with E-state index in [4.69, 9.17) is 9.47 Å². The van der Waals surface area contributed by atoms with E-state index in [1.807, 2.05) is 74.5 Å². The van der Waals surface area contributed by atoms with Crippen LogP contribution in [0.25, 0.3) is 0 Å². The molecule has 0 bridgehead atoms. The average Bonchev–Trinajstić information content (AvgIpc) is 2.90. The molecule has 220 valence electrons. The van der Waals surface area contributed by atoms with Gasteiger partial charge in [0.2, 0.25) is 11.8 Å². The summed E-state index contributed by atoms with van der Waals surface area (Å²) in [5, 5.41) is 7.79. The fraction of sp³-hybridized carbons (Fsp3) is 0.484. The summed E-state index contributed by atoms with van der Waals surface area (Å²) >= 11 is 0. The normalized spacial score (nSPS) is 12.0. The van der Waals surface area contributed by atoms with Crippen LogP contribution in [0.2, 0.25) is 0 Å². The Morgan fingerprint density at radius 2 is 1.32 bits per heavy atom. The Labute approximate surface area is 238 Å². The second-order valence-electron chi connectivity index (χ2n) is 10.5. The summed E-state index contributed by atoms with van der Waals surface area (Å²) < 4.78 is 10.1. The number of alkyl carbamates (subject to hydrolysis) is 1. The molecule has 2 atom stereocenters. The lowest BCUT2D eigenvalue weighted by Gasteiger charge is -2.21. The quantitative estimate of drug-likeness (QED) is 0.323. The Kier molecular flexibility index (Phi) is 16.6. The van der Waals surface area contributed by atoms with E-state index in [1.165, 1.54) is 7.11 Å². The number of benzene rings is 2. The minimum atomic E-state index is -0.878. The van der Waals surface area contributed by atoms with Crippen LogP contribution in [0, 0.1) is 11.8 Å². The second kappa shape index (κ2) is 19.4. The van der Waals surface area contributed by atoms with Gasteiger partial charge in [0.1, 0.15) is 19.3 Å². The van der Waals surface area contributed by atoms with E-state index in [2.05, 4.69) is 36.7 Å². The van der Waals surface area contributed by atoms with Crippen molar-refractivity contribution in [3.8, 4) is 0 Å². The van der Waals surface area contributed by atoms with Gasteiger partial charge in [-0.15, -0.1) is 0 Å². The third-order valence-corrected chi connectivity index (χ3v) is 5.24. The smallest absolute Gasteiger partial charge is 0.408 e. The SMILES string of the molecule is CC(C)C.COCC(=O)C(Cc1ccccc1)NC(=O)CNC(=O)C(CC(C)C)NC(=O)OCc1ccccc1. The van der Waals surface area contributed by atoms with Crippen LogP contribution in [-0.2, 0) is 36.9 Å². The molecule has 0 aromatic heterocycles. The largest absolute Gasteiger partial charge is 0.445 e. The van der Waals surface area contributed by atoms with Crippen LogP contribution in [0.15, 0.2) is 60.7 Å². The van der Waals surface area contributed by atoms with Gasteiger partial charge in [-0.05, 0) is 35.8 Å². The topological polar surface area (TPSA) is 123 Å². The van der Waals surface area contributed by atoms with Crippen LogP contribution in [-0.4, -0.2) is 56.0 Å². The van der Waals surface area contributed by atoms with Gasteiger partial charge < -0.3 is 25.4 Å². The van der Waals surface area contributed by atoms with E-state index in [9.17, 15) is 19.2 Å². The first-order valence-electron chi connectivity index (χ1n) is 13.6. The summed E-state index contributed by atoms with van der Waals surface area (Å²) in [4.78, 5) is 50.0. The maximum Gasteiger partial charge on any atom is 0.408 e. The first-order valence-corrected chi connectivity index (χ1v) is 13.6. The fourth-order valence-corrected chi connectivity index (χ4v) is 3.48. The summed E-state index contributed by atoms with van der Waals surface area (Å²) in [6.45, 7) is 9.91. The van der Waals surface area contributed by atoms with Gasteiger partial charge in [-0.1, -0.05) is 95.3 Å². The molecule has 9 nitrogen and oxygen atoms in total. The Morgan fingerprint density at radius 3 is 1.85 bits per heavy atom. The van der Waals surface area contributed by atoms with E-state index in [0.29, 0.717) is 12.8 Å². The van der Waals surface area contributed by atoms with E-state index in [1.54, 1.807) is 0 Å². The van der Waals surface area contributed by atoms with Gasteiger partial charge in [0.05, 0.1) is 12.6 Å². The number of carbonyl (C=O) groups excluding carboxylic acids is 4. The lowest BCUT2D eigenvalue weighted by atomic mass is 10.0. The van der Waals surface area contributed by atoms with E-state index in [0.717, 1.165) is 17.0 Å². The molecule has 9 heteroatoms. The van der Waals surface area contributed by atoms with Crippen molar-refractivity contribution in [3.63, 3.8) is 0 Å². The molecule has 0 heterocycles. The third-order valence-electron chi connectivity index (χ3n) is 5.24. The molecule has 0 saturated heterocycles. The zero-order valence-electron chi connectivity index (χ0n) is 24.6. The van der Waals surface area contributed by atoms with Crippen molar-refractivity contribution >= 4 is 23.7 Å². The number of hydrogen-bond donors (Lipinski definition) is 3. The standard InChI is InChI=1S/C27H35N3O6.C4H10/c1-19(2)14-23(30-27(34)36-17-21-12-8-5-9-13-21)26(33)28-16-25(32)29-22(24(31)18-35-3)15-20-10-6-4-7-11-20;1-4(2)3/h4-13,19,22-23H,14-18H2,1-3H3,(H,28,33)(H,29,32)(H,30,34);4H,1-3H3. The fourth-order valence-electron chi connectivity index (χ4n) is 3.48. The Morgan fingerprint density at radius 1 is 0.775 bits per heavy atom. The molecule has 0 saturated carbocycles. The molecule has 0 aliphatic heterocycles. The van der Waals surface area contributed by atoms with Gasteiger partial charge >= 0.3 is 6.09 Å². The summed E-state index contributed by atoms with van der Waals surface area (Å²) in [5.74, 6) is -0.380. The molecule has 2 unspecified atom stereocenters. The van der Waals surface area contributed by atoms with Crippen molar-refractivity contribution in [2.45, 2.75) is 66.2 Å². The van der Waals surface area contributed by atoms with Gasteiger partial charge in [-0.3, -0.25) is 14.4 Å². The van der Waals surface area contributed by atoms with E-state index < -0.39 is 30.0 Å². The second-order valence-corrected chi connectivity index (χ2v) is 10.5. The number of amides is 3. The van der Waals surface area contributed by atoms with E-state index in [-0.39, 0.29) is 31.5 Å². The monoisotopic (exact) mass is 555 g/mol. The van der Waals surface area contributed by atoms with Crippen molar-refractivity contribution in [1.82, 2.24) is 16.0 Å². The van der Waals surface area contributed by atoms with Crippen molar-refractivity contribution in [1.29, 1.82) is 0 Å². The van der Waals surface area contributed by atoms with Gasteiger partial charge in [-0.2, -0.15) is 0 Å². The van der Waals surface area contributed by atoms with Crippen molar-refractivity contribution in [2.24, 2.45) is 11.8 Å². The van der Waals surface area contributed by atoms with Crippen LogP contribution >= 0.6 is 0 Å². The number of ketones is 1. The Balaban J connectivity index is 0.00000187. The highest BCUT2D eigenvalue weighted by atomic mass is 16.5. The van der Waals surface area contributed by atoms with Gasteiger partial charge in [0.15, 0.2) is 5.78 Å². The lowest BCUT2D eigenvalue weighted by molar-refractivity contribution is -0.130. The average molecular weight is 556 g/mol. The predicted molar refractivity (Wildman–Crippen MR) is 155 cm³/mol. The molecule has 0 aliphatic carbocycles. The number of carbonyl (C=O) groups is 4. The van der Waals surface area contributed by atoms with Gasteiger partial charge in [-0.25, -0.2) is 4.79 Å². The zero-order valence-corrected chi connectivity index (χ0v) is 24.6. The van der Waals surface area contributed by atoms with Crippen LogP contribution < -0.4 is 16.0 Å². The third kappa shape index (κ3) is 15.6. The Bertz CT molecular complexity index is 1030. The summed E-state index contributed by atoms with van der Waals surface area (Å²) in [6, 6.07) is 16.8. The minimum Gasteiger partial charge on any atom is -0.445 e. The number of hydrogen-bond acceptors (Lipinski definition) is 6. The molecule has 0 fully saturated rings. The van der Waals surface area contributed by atoms with Crippen molar-refractivity contribution in [2.75, 3.05) is 20.3 Å². The van der Waals surface area contributed by atoms with Crippen LogP contribution in [0.3, 0.4) is 0 Å². The number of ether oxygens (including phenoxy) is 2. The highest BCUT2D eigenvalue weighted by molar-refractivity contribution is 5.93. The summed E-state index contributed by atoms with van der Waals surface area (Å²) in [5.41, 5.74) is 1.70. The molecular formula is C31H45N3O6. The van der Waals surface area contributed by atoms with E-state index >= 15 is 0 Å². The van der Waals surface area contributed by atoms with Crippen LogP contribution in [0.1, 0.15) is 52.2 Å². The zero-order chi connectivity index (χ0) is 29.9. The number of rotatable bonds is 14. The molecule has 0 radical (unpaired) electrons. The molecule has 40 heavy (non-hydrogen) atoms. The van der Waals surface area contributed by atoms with Gasteiger partial charge in [0, 0.05) is 7.11 Å². The Hall–Kier alpha value is -3.72. The van der Waals surface area contributed by atoms with Crippen molar-refractivity contribution < 1.29 is 28.7 Å². The highest BCUT2D eigenvalue weighted by Gasteiger charge is 2.25. The lowest BCUT2D eigenvalue weighted by Crippen LogP contribution is -2.51. The number of nitrogens with one attached hydrogen (secondary N) is 3. The predicted octanol–water partition coefficient (Wildman–Crippen LogP) is 4.05. The number of Topliss-reactive ketones (excluding diaryl/α,β-unsaturated/α-hetero) is 1. The molecule has 3 N–H and O–H groups in total. The molecular weight excluding hydrogens is 510 g/mol. The first-order chi connectivity index (χ1) is 19.0. The van der Waals surface area contributed by atoms with Gasteiger partial charge in [0.25, 0.3) is 0 Å².